The van der Waals surface area contributed by atoms with Crippen molar-refractivity contribution >= 4 is 29.4 Å². The quantitative estimate of drug-likeness (QED) is 0.465. The molecule has 1 saturated heterocycles. The highest BCUT2D eigenvalue weighted by Gasteiger charge is 2.49. The molecule has 2 unspecified atom stereocenters. The topological polar surface area (TPSA) is 129 Å². The van der Waals surface area contributed by atoms with Gasteiger partial charge in [-0.05, 0) is 30.0 Å². The third-order valence-corrected chi connectivity index (χ3v) is 7.34. The molecule has 11 nitrogen and oxygen atoms in total. The van der Waals surface area contributed by atoms with E-state index in [1.807, 2.05) is 40.1 Å². The largest absolute Gasteiger partial charge is 0.479 e. The maximum atomic E-state index is 14.1. The van der Waals surface area contributed by atoms with Gasteiger partial charge in [0, 0.05) is 26.2 Å². The molecule has 1 N–H and O–H groups in total. The van der Waals surface area contributed by atoms with E-state index in [-0.39, 0.29) is 28.8 Å². The van der Waals surface area contributed by atoms with Crippen molar-refractivity contribution in [3.63, 3.8) is 0 Å². The summed E-state index contributed by atoms with van der Waals surface area (Å²) in [5.74, 6) is 0.0906. The maximum absolute atomic E-state index is 14.1. The van der Waals surface area contributed by atoms with E-state index in [2.05, 4.69) is 21.4 Å². The van der Waals surface area contributed by atoms with E-state index in [1.165, 1.54) is 7.11 Å². The zero-order valence-electron chi connectivity index (χ0n) is 22.3. The number of carbonyl (C=O) groups is 2. The van der Waals surface area contributed by atoms with Crippen LogP contribution in [-0.4, -0.2) is 75.6 Å². The molecule has 0 spiro atoms. The zero-order valence-corrected chi connectivity index (χ0v) is 23.1. The van der Waals surface area contributed by atoms with E-state index >= 15 is 0 Å². The summed E-state index contributed by atoms with van der Waals surface area (Å²) in [4.78, 5) is 39.4. The van der Waals surface area contributed by atoms with Crippen molar-refractivity contribution in [1.82, 2.24) is 30.0 Å². The smallest absolute Gasteiger partial charge is 0.276 e. The van der Waals surface area contributed by atoms with E-state index in [0.717, 1.165) is 11.3 Å². The number of hydrogen-bond acceptors (Lipinski definition) is 8. The number of anilines is 1. The number of benzene rings is 1. The number of hydrogen-bond donors (Lipinski definition) is 1. The van der Waals surface area contributed by atoms with Gasteiger partial charge in [0.1, 0.15) is 11.7 Å². The van der Waals surface area contributed by atoms with Crippen LogP contribution in [0, 0.1) is 11.3 Å². The Kier molecular flexibility index (Phi) is 6.91. The van der Waals surface area contributed by atoms with Crippen LogP contribution in [-0.2, 0) is 4.79 Å². The molecular formula is C27H29ClN8O3. The summed E-state index contributed by atoms with van der Waals surface area (Å²) < 4.78 is 7.27. The van der Waals surface area contributed by atoms with Gasteiger partial charge in [0.05, 0.1) is 42.1 Å². The van der Waals surface area contributed by atoms with Crippen LogP contribution >= 0.6 is 11.6 Å². The van der Waals surface area contributed by atoms with Gasteiger partial charge < -0.3 is 19.9 Å². The van der Waals surface area contributed by atoms with Gasteiger partial charge >= 0.3 is 0 Å². The highest BCUT2D eigenvalue weighted by Crippen LogP contribution is 2.45. The lowest BCUT2D eigenvalue weighted by atomic mass is 9.92. The predicted octanol–water partition coefficient (Wildman–Crippen LogP) is 2.77. The molecule has 0 saturated carbocycles. The minimum absolute atomic E-state index is 0.0749. The molecule has 39 heavy (non-hydrogen) atoms. The molecule has 2 aromatic heterocycles. The Balaban J connectivity index is 1.73. The van der Waals surface area contributed by atoms with Crippen LogP contribution in [0.15, 0.2) is 30.5 Å². The van der Waals surface area contributed by atoms with Gasteiger partial charge in [-0.1, -0.05) is 26.0 Å². The van der Waals surface area contributed by atoms with Crippen LogP contribution < -0.4 is 15.0 Å². The molecule has 2 amide bonds. The van der Waals surface area contributed by atoms with Crippen molar-refractivity contribution in [1.29, 1.82) is 5.26 Å². The molecule has 0 radical (unpaired) electrons. The maximum Gasteiger partial charge on any atom is 0.276 e. The first-order chi connectivity index (χ1) is 18.7. The number of methoxy groups -OCH3 is 1. The minimum atomic E-state index is -0.769. The van der Waals surface area contributed by atoms with E-state index < -0.39 is 12.1 Å². The van der Waals surface area contributed by atoms with Gasteiger partial charge in [0.15, 0.2) is 5.69 Å². The molecule has 1 fully saturated rings. The number of piperidine rings is 1. The van der Waals surface area contributed by atoms with Gasteiger partial charge in [0.25, 0.3) is 5.91 Å². The summed E-state index contributed by atoms with van der Waals surface area (Å²) >= 11 is 6.44. The normalized spacial score (nSPS) is 20.6. The molecule has 12 heteroatoms. The van der Waals surface area contributed by atoms with Crippen molar-refractivity contribution in [2.24, 2.45) is 0 Å². The number of nitrogens with zero attached hydrogens (tertiary/aromatic N) is 7. The minimum Gasteiger partial charge on any atom is -0.479 e. The Bertz CT molecular complexity index is 1480. The van der Waals surface area contributed by atoms with Crippen molar-refractivity contribution in [2.75, 3.05) is 32.6 Å². The highest BCUT2D eigenvalue weighted by molar-refractivity contribution is 6.21. The first kappa shape index (κ1) is 26.4. The lowest BCUT2D eigenvalue weighted by Crippen LogP contribution is -2.55. The van der Waals surface area contributed by atoms with Crippen LogP contribution in [0.5, 0.6) is 5.88 Å². The lowest BCUT2D eigenvalue weighted by molar-refractivity contribution is -0.127. The third-order valence-electron chi connectivity index (χ3n) is 7.01. The SMILES string of the molecule is COc1nc(N(C)C)ncc1-n1nc2c(c1C(C)C)[C@H](c1ccc(C#N)cc1)N(C1CC(Cl)CNC1=O)C2=O. The molecule has 3 atom stereocenters. The van der Waals surface area contributed by atoms with Crippen LogP contribution in [0.3, 0.4) is 0 Å². The molecule has 0 bridgehead atoms. The molecule has 0 aliphatic carbocycles. The second-order valence-electron chi connectivity index (χ2n) is 10.1. The predicted molar refractivity (Wildman–Crippen MR) is 144 cm³/mol. The van der Waals surface area contributed by atoms with Crippen molar-refractivity contribution in [2.45, 2.75) is 43.6 Å². The van der Waals surface area contributed by atoms with Gasteiger partial charge in [0.2, 0.25) is 17.7 Å². The van der Waals surface area contributed by atoms with E-state index in [1.54, 1.807) is 32.8 Å². The number of nitrogens with one attached hydrogen (secondary N) is 1. The number of rotatable bonds is 6. The summed E-state index contributed by atoms with van der Waals surface area (Å²) in [5.41, 5.74) is 3.47. The standard InChI is InChI=1S/C27H29ClN8O3/c1-14(2)22-20-21(33-36(22)19-13-31-27(34(3)4)32-25(19)39-5)26(38)35(18-10-17(28)12-30-24(18)37)23(20)16-8-6-15(11-29)7-9-16/h6-9,13-14,17-18,23H,10,12H2,1-5H3,(H,30,37)/t17?,18?,23-/m0/s1. The fourth-order valence-corrected chi connectivity index (χ4v) is 5.49. The average Bonchev–Trinajstić information content (AvgIpc) is 3.44. The number of nitriles is 1. The second-order valence-corrected chi connectivity index (χ2v) is 10.7. The molecule has 202 valence electrons. The van der Waals surface area contributed by atoms with Crippen LogP contribution in [0.4, 0.5) is 5.95 Å². The Morgan fingerprint density at radius 3 is 2.56 bits per heavy atom. The van der Waals surface area contributed by atoms with Crippen molar-refractivity contribution in [3.05, 3.63) is 58.5 Å². The molecule has 2 aliphatic rings. The van der Waals surface area contributed by atoms with Crippen molar-refractivity contribution in [3.8, 4) is 17.6 Å². The Labute approximate surface area is 231 Å². The van der Waals surface area contributed by atoms with Crippen LogP contribution in [0.2, 0.25) is 0 Å². The second kappa shape index (κ2) is 10.2. The summed E-state index contributed by atoms with van der Waals surface area (Å²) in [6.07, 6.45) is 1.95. The van der Waals surface area contributed by atoms with Crippen LogP contribution in [0.25, 0.3) is 5.69 Å². The van der Waals surface area contributed by atoms with E-state index in [4.69, 9.17) is 21.4 Å². The Morgan fingerprint density at radius 1 is 1.23 bits per heavy atom. The summed E-state index contributed by atoms with van der Waals surface area (Å²) in [7, 11) is 5.19. The van der Waals surface area contributed by atoms with Crippen LogP contribution in [0.1, 0.15) is 65.1 Å². The average molecular weight is 549 g/mol. The number of halogens is 1. The monoisotopic (exact) mass is 548 g/mol. The third kappa shape index (κ3) is 4.44. The first-order valence-corrected chi connectivity index (χ1v) is 13.1. The number of alkyl halides is 1. The molecule has 4 heterocycles. The van der Waals surface area contributed by atoms with E-state index in [9.17, 15) is 14.9 Å². The lowest BCUT2D eigenvalue weighted by Gasteiger charge is -2.37. The Morgan fingerprint density at radius 2 is 1.95 bits per heavy atom. The number of carbonyl (C=O) groups excluding carboxylic acids is 2. The van der Waals surface area contributed by atoms with E-state index in [0.29, 0.717) is 41.6 Å². The van der Waals surface area contributed by atoms with Gasteiger partial charge in [-0.3, -0.25) is 9.59 Å². The van der Waals surface area contributed by atoms with Gasteiger partial charge in [-0.2, -0.15) is 15.3 Å². The zero-order chi connectivity index (χ0) is 28.0. The number of fused-ring (bicyclic) bond motifs is 1. The number of amides is 2. The van der Waals surface area contributed by atoms with Crippen molar-refractivity contribution < 1.29 is 14.3 Å². The fraction of sp³-hybridized carbons (Fsp3) is 0.407. The molecule has 2 aliphatic heterocycles. The molecule has 1 aromatic carbocycles. The number of aromatic nitrogens is 4. The molecular weight excluding hydrogens is 520 g/mol. The number of ether oxygens (including phenoxy) is 1. The van der Waals surface area contributed by atoms with Gasteiger partial charge in [-0.15, -0.1) is 11.6 Å². The molecule has 5 rings (SSSR count). The fourth-order valence-electron chi connectivity index (χ4n) is 5.24. The summed E-state index contributed by atoms with van der Waals surface area (Å²) in [6.45, 7) is 4.37. The Hall–Kier alpha value is -4.17. The van der Waals surface area contributed by atoms with Gasteiger partial charge in [-0.25, -0.2) is 9.67 Å². The highest BCUT2D eigenvalue weighted by atomic mass is 35.5. The molecule has 3 aromatic rings. The first-order valence-electron chi connectivity index (χ1n) is 12.6. The summed E-state index contributed by atoms with van der Waals surface area (Å²) in [5, 5.41) is 16.6. The summed E-state index contributed by atoms with van der Waals surface area (Å²) in [6, 6.07) is 7.79.